The first-order chi connectivity index (χ1) is 15.7. The summed E-state index contributed by atoms with van der Waals surface area (Å²) >= 11 is 0. The molecule has 11 heteroatoms. The standard InChI is InChI=1S/C22H38N2O9/c1-22(2,3)33-21(27)23(4)7-9-28-11-13-30-15-17-32-18-16-31-14-12-29-10-8-24-19(25)5-6-20(24)26/h5-6H,7-18H2,1-4H3. The molecule has 0 unspecified atom stereocenters. The molecule has 1 aliphatic heterocycles. The zero-order chi connectivity index (χ0) is 24.5. The van der Waals surface area contributed by atoms with E-state index in [9.17, 15) is 14.4 Å². The van der Waals surface area contributed by atoms with E-state index in [1.807, 2.05) is 20.8 Å². The lowest BCUT2D eigenvalue weighted by molar-refractivity contribution is -0.137. The number of rotatable bonds is 18. The number of likely N-dealkylation sites (N-methyl/N-ethyl adjacent to an activating group) is 1. The lowest BCUT2D eigenvalue weighted by Crippen LogP contribution is -2.36. The number of ether oxygens (including phenoxy) is 6. The highest BCUT2D eigenvalue weighted by molar-refractivity contribution is 6.12. The van der Waals surface area contributed by atoms with E-state index in [2.05, 4.69) is 0 Å². The molecule has 0 bridgehead atoms. The van der Waals surface area contributed by atoms with Gasteiger partial charge >= 0.3 is 6.09 Å². The molecule has 0 atom stereocenters. The fraction of sp³-hybridized carbons (Fsp3) is 0.773. The second-order valence-corrected chi connectivity index (χ2v) is 8.13. The average Bonchev–Trinajstić information content (AvgIpc) is 3.06. The van der Waals surface area contributed by atoms with Crippen LogP contribution in [0.5, 0.6) is 0 Å². The van der Waals surface area contributed by atoms with Gasteiger partial charge < -0.3 is 33.3 Å². The van der Waals surface area contributed by atoms with Crippen LogP contribution in [0.2, 0.25) is 0 Å². The predicted octanol–water partition coefficient (Wildman–Crippen LogP) is 0.861. The predicted molar refractivity (Wildman–Crippen MR) is 119 cm³/mol. The van der Waals surface area contributed by atoms with Crippen molar-refractivity contribution in [3.8, 4) is 0 Å². The lowest BCUT2D eigenvalue weighted by atomic mass is 10.2. The van der Waals surface area contributed by atoms with Crippen molar-refractivity contribution in [3.63, 3.8) is 0 Å². The molecule has 11 nitrogen and oxygen atoms in total. The summed E-state index contributed by atoms with van der Waals surface area (Å²) in [6.45, 7) is 10.3. The zero-order valence-electron chi connectivity index (χ0n) is 20.2. The third kappa shape index (κ3) is 14.7. The average molecular weight is 475 g/mol. The van der Waals surface area contributed by atoms with E-state index in [1.54, 1.807) is 7.05 Å². The van der Waals surface area contributed by atoms with Gasteiger partial charge in [-0.15, -0.1) is 0 Å². The molecule has 3 amide bonds. The highest BCUT2D eigenvalue weighted by atomic mass is 16.6. The molecule has 0 fully saturated rings. The van der Waals surface area contributed by atoms with Gasteiger partial charge in [-0.3, -0.25) is 14.5 Å². The second-order valence-electron chi connectivity index (χ2n) is 8.13. The Balaban J connectivity index is 1.78. The van der Waals surface area contributed by atoms with Gasteiger partial charge in [0.15, 0.2) is 0 Å². The molecule has 1 aliphatic rings. The van der Waals surface area contributed by atoms with Crippen molar-refractivity contribution in [2.24, 2.45) is 0 Å². The topological polar surface area (TPSA) is 113 Å². The molecule has 0 aromatic rings. The number of hydrogen-bond acceptors (Lipinski definition) is 9. The molecule has 0 N–H and O–H groups in total. The van der Waals surface area contributed by atoms with Crippen LogP contribution in [0.3, 0.4) is 0 Å². The third-order valence-corrected chi connectivity index (χ3v) is 4.12. The number of hydrogen-bond donors (Lipinski definition) is 0. The van der Waals surface area contributed by atoms with E-state index in [-0.39, 0.29) is 31.1 Å². The number of imide groups is 1. The Bertz CT molecular complexity index is 601. The Morgan fingerprint density at radius 2 is 1.15 bits per heavy atom. The van der Waals surface area contributed by atoms with Gasteiger partial charge in [0.05, 0.1) is 72.6 Å². The Morgan fingerprint density at radius 3 is 1.58 bits per heavy atom. The van der Waals surface area contributed by atoms with Crippen molar-refractivity contribution in [1.82, 2.24) is 9.80 Å². The van der Waals surface area contributed by atoms with Gasteiger partial charge in [0, 0.05) is 25.7 Å². The molecule has 0 aromatic heterocycles. The van der Waals surface area contributed by atoms with Crippen LogP contribution in [0.15, 0.2) is 12.2 Å². The quantitative estimate of drug-likeness (QED) is 0.211. The number of nitrogens with zero attached hydrogens (tertiary/aromatic N) is 2. The summed E-state index contributed by atoms with van der Waals surface area (Å²) < 4.78 is 32.2. The second kappa shape index (κ2) is 16.5. The van der Waals surface area contributed by atoms with Crippen LogP contribution in [0.4, 0.5) is 4.79 Å². The molecule has 1 rings (SSSR count). The Hall–Kier alpha value is -2.05. The van der Waals surface area contributed by atoms with Crippen LogP contribution < -0.4 is 0 Å². The van der Waals surface area contributed by atoms with Crippen LogP contribution in [-0.2, 0) is 38.0 Å². The molecular formula is C22H38N2O9. The molecule has 190 valence electrons. The van der Waals surface area contributed by atoms with Crippen molar-refractivity contribution >= 4 is 17.9 Å². The van der Waals surface area contributed by atoms with Gasteiger partial charge in [0.2, 0.25) is 0 Å². The van der Waals surface area contributed by atoms with Crippen LogP contribution in [0.1, 0.15) is 20.8 Å². The normalized spacial score (nSPS) is 13.8. The van der Waals surface area contributed by atoms with Gasteiger partial charge in [0.25, 0.3) is 11.8 Å². The van der Waals surface area contributed by atoms with Crippen LogP contribution >= 0.6 is 0 Å². The summed E-state index contributed by atoms with van der Waals surface area (Å²) in [6.07, 6.45) is 2.13. The van der Waals surface area contributed by atoms with Gasteiger partial charge in [-0.25, -0.2) is 4.79 Å². The Kier molecular flexibility index (Phi) is 14.5. The Labute approximate surface area is 195 Å². The van der Waals surface area contributed by atoms with Crippen LogP contribution in [0.25, 0.3) is 0 Å². The first-order valence-corrected chi connectivity index (χ1v) is 11.1. The molecule has 0 saturated carbocycles. The summed E-state index contributed by atoms with van der Waals surface area (Å²) in [5.74, 6) is -0.617. The molecule has 0 saturated heterocycles. The lowest BCUT2D eigenvalue weighted by Gasteiger charge is -2.24. The minimum absolute atomic E-state index is 0.238. The van der Waals surface area contributed by atoms with E-state index in [4.69, 9.17) is 28.4 Å². The SMILES string of the molecule is CN(CCOCCOCCOCCOCCOCCN1C(=O)C=CC1=O)C(=O)OC(C)(C)C. The summed E-state index contributed by atoms with van der Waals surface area (Å²) in [7, 11) is 1.67. The van der Waals surface area contributed by atoms with Gasteiger partial charge in [-0.2, -0.15) is 0 Å². The Morgan fingerprint density at radius 1 is 0.758 bits per heavy atom. The molecule has 0 aromatic carbocycles. The van der Waals surface area contributed by atoms with E-state index in [1.165, 1.54) is 17.1 Å². The van der Waals surface area contributed by atoms with Gasteiger partial charge in [0.1, 0.15) is 5.60 Å². The van der Waals surface area contributed by atoms with E-state index in [0.717, 1.165) is 4.90 Å². The summed E-state index contributed by atoms with van der Waals surface area (Å²) in [4.78, 5) is 37.1. The van der Waals surface area contributed by atoms with Gasteiger partial charge in [-0.1, -0.05) is 0 Å². The summed E-state index contributed by atoms with van der Waals surface area (Å²) in [5.41, 5.74) is -0.513. The fourth-order valence-electron chi connectivity index (χ4n) is 2.42. The van der Waals surface area contributed by atoms with Crippen molar-refractivity contribution in [2.75, 3.05) is 86.2 Å². The molecule has 1 heterocycles. The maximum Gasteiger partial charge on any atom is 0.410 e. The van der Waals surface area contributed by atoms with Crippen LogP contribution in [-0.4, -0.2) is 120 Å². The molecule has 0 spiro atoms. The van der Waals surface area contributed by atoms with Crippen molar-refractivity contribution in [2.45, 2.75) is 26.4 Å². The van der Waals surface area contributed by atoms with Crippen molar-refractivity contribution in [1.29, 1.82) is 0 Å². The molecule has 33 heavy (non-hydrogen) atoms. The number of carbonyl (C=O) groups is 3. The zero-order valence-corrected chi connectivity index (χ0v) is 20.2. The highest BCUT2D eigenvalue weighted by Gasteiger charge is 2.22. The monoisotopic (exact) mass is 474 g/mol. The number of amides is 3. The minimum atomic E-state index is -0.513. The van der Waals surface area contributed by atoms with Crippen molar-refractivity contribution in [3.05, 3.63) is 12.2 Å². The maximum absolute atomic E-state index is 11.8. The molecule has 0 radical (unpaired) electrons. The van der Waals surface area contributed by atoms with E-state index >= 15 is 0 Å². The van der Waals surface area contributed by atoms with E-state index in [0.29, 0.717) is 66.0 Å². The molecular weight excluding hydrogens is 436 g/mol. The molecule has 0 aliphatic carbocycles. The largest absolute Gasteiger partial charge is 0.444 e. The highest BCUT2D eigenvalue weighted by Crippen LogP contribution is 2.08. The summed E-state index contributed by atoms with van der Waals surface area (Å²) in [5, 5.41) is 0. The minimum Gasteiger partial charge on any atom is -0.444 e. The maximum atomic E-state index is 11.8. The van der Waals surface area contributed by atoms with Crippen LogP contribution in [0, 0.1) is 0 Å². The van der Waals surface area contributed by atoms with E-state index < -0.39 is 5.60 Å². The third-order valence-electron chi connectivity index (χ3n) is 4.12. The first-order valence-electron chi connectivity index (χ1n) is 11.1. The van der Waals surface area contributed by atoms with Gasteiger partial charge in [-0.05, 0) is 20.8 Å². The number of carbonyl (C=O) groups excluding carboxylic acids is 3. The smallest absolute Gasteiger partial charge is 0.410 e. The first kappa shape index (κ1) is 29.0. The fourth-order valence-corrected chi connectivity index (χ4v) is 2.42. The van der Waals surface area contributed by atoms with Crippen molar-refractivity contribution < 1.29 is 42.8 Å². The summed E-state index contributed by atoms with van der Waals surface area (Å²) in [6, 6.07) is 0.